The fraction of sp³-hybridized carbons (Fsp3) is 0.500. The first kappa shape index (κ1) is 11.4. The normalized spacial score (nSPS) is 28.6. The van der Waals surface area contributed by atoms with Gasteiger partial charge in [0.1, 0.15) is 0 Å². The summed E-state index contributed by atoms with van der Waals surface area (Å²) in [5, 5.41) is 9.42. The Morgan fingerprint density at radius 2 is 2.25 bits per heavy atom. The molecule has 4 heteroatoms. The molecule has 0 spiro atoms. The molecule has 0 aromatic heterocycles. The van der Waals surface area contributed by atoms with Crippen LogP contribution in [0.4, 0.5) is 4.39 Å². The van der Waals surface area contributed by atoms with E-state index in [4.69, 9.17) is 10.5 Å². The predicted molar refractivity (Wildman–Crippen MR) is 58.9 cm³/mol. The van der Waals surface area contributed by atoms with E-state index in [0.717, 1.165) is 5.56 Å². The fourth-order valence-electron chi connectivity index (χ4n) is 2.47. The molecule has 0 amide bonds. The third-order valence-electron chi connectivity index (χ3n) is 3.39. The number of aliphatic hydroxyl groups excluding tert-OH is 1. The van der Waals surface area contributed by atoms with E-state index < -0.39 is 0 Å². The van der Waals surface area contributed by atoms with Crippen LogP contribution in [0.25, 0.3) is 0 Å². The van der Waals surface area contributed by atoms with Crippen LogP contribution >= 0.6 is 0 Å². The lowest BCUT2D eigenvalue weighted by atomic mass is 9.62. The van der Waals surface area contributed by atoms with Crippen LogP contribution in [0.1, 0.15) is 18.4 Å². The molecule has 1 saturated carbocycles. The van der Waals surface area contributed by atoms with Gasteiger partial charge in [-0.05, 0) is 18.9 Å². The van der Waals surface area contributed by atoms with E-state index in [2.05, 4.69) is 0 Å². The van der Waals surface area contributed by atoms with Gasteiger partial charge < -0.3 is 15.6 Å². The molecule has 0 heterocycles. The van der Waals surface area contributed by atoms with Gasteiger partial charge in [0.05, 0.1) is 13.2 Å². The molecule has 0 radical (unpaired) electrons. The van der Waals surface area contributed by atoms with Crippen molar-refractivity contribution in [1.29, 1.82) is 0 Å². The maximum absolute atomic E-state index is 13.5. The van der Waals surface area contributed by atoms with Crippen LogP contribution in [-0.4, -0.2) is 24.9 Å². The maximum Gasteiger partial charge on any atom is 0.165 e. The van der Waals surface area contributed by atoms with Crippen molar-refractivity contribution in [2.45, 2.75) is 24.4 Å². The van der Waals surface area contributed by atoms with Crippen LogP contribution in [-0.2, 0) is 5.41 Å². The number of hydrogen-bond donors (Lipinski definition) is 2. The van der Waals surface area contributed by atoms with E-state index in [0.29, 0.717) is 19.4 Å². The van der Waals surface area contributed by atoms with E-state index >= 15 is 0 Å². The zero-order chi connectivity index (χ0) is 11.8. The van der Waals surface area contributed by atoms with Crippen LogP contribution in [0.15, 0.2) is 18.2 Å². The summed E-state index contributed by atoms with van der Waals surface area (Å²) in [6.07, 6.45) is 0.809. The van der Waals surface area contributed by atoms with E-state index in [1.165, 1.54) is 13.2 Å². The smallest absolute Gasteiger partial charge is 0.165 e. The summed E-state index contributed by atoms with van der Waals surface area (Å²) in [6, 6.07) is 4.83. The van der Waals surface area contributed by atoms with E-state index in [-0.39, 0.29) is 23.1 Å². The molecule has 2 rings (SSSR count). The Labute approximate surface area is 94.0 Å². The molecular weight excluding hydrogens is 209 g/mol. The molecule has 0 unspecified atom stereocenters. The van der Waals surface area contributed by atoms with Gasteiger partial charge in [0.25, 0.3) is 0 Å². The minimum atomic E-state index is -0.380. The number of nitrogens with two attached hydrogens (primary N) is 1. The first-order valence-electron chi connectivity index (χ1n) is 5.34. The number of hydrogen-bond acceptors (Lipinski definition) is 3. The predicted octanol–water partition coefficient (Wildman–Crippen LogP) is 1.19. The molecule has 3 N–H and O–H groups in total. The lowest BCUT2D eigenvalue weighted by Crippen LogP contribution is -2.50. The standard InChI is InChI=1S/C12H16FNO2/c1-16-11-9(3-2-4-10(11)13)12(7-14)5-8(15)6-12/h2-4,8,15H,5-7,14H2,1H3. The summed E-state index contributed by atoms with van der Waals surface area (Å²) in [5.74, 6) is -0.130. The van der Waals surface area contributed by atoms with Crippen molar-refractivity contribution < 1.29 is 14.2 Å². The van der Waals surface area contributed by atoms with Crippen LogP contribution in [0, 0.1) is 5.82 Å². The van der Waals surface area contributed by atoms with Gasteiger partial charge in [-0.2, -0.15) is 0 Å². The number of methoxy groups -OCH3 is 1. The zero-order valence-corrected chi connectivity index (χ0v) is 9.24. The highest BCUT2D eigenvalue weighted by Crippen LogP contribution is 2.46. The second-order valence-corrected chi connectivity index (χ2v) is 4.37. The molecule has 0 aliphatic heterocycles. The van der Waals surface area contributed by atoms with E-state index in [1.54, 1.807) is 6.07 Å². The van der Waals surface area contributed by atoms with Crippen molar-refractivity contribution in [2.24, 2.45) is 5.73 Å². The summed E-state index contributed by atoms with van der Waals surface area (Å²) in [6.45, 7) is 0.393. The Kier molecular flexibility index (Phi) is 2.86. The summed E-state index contributed by atoms with van der Waals surface area (Å²) in [7, 11) is 1.45. The van der Waals surface area contributed by atoms with Crippen LogP contribution in [0.2, 0.25) is 0 Å². The molecule has 16 heavy (non-hydrogen) atoms. The van der Waals surface area contributed by atoms with Gasteiger partial charge in [0.15, 0.2) is 11.6 Å². The monoisotopic (exact) mass is 225 g/mol. The zero-order valence-electron chi connectivity index (χ0n) is 9.24. The molecular formula is C12H16FNO2. The van der Waals surface area contributed by atoms with Crippen molar-refractivity contribution in [1.82, 2.24) is 0 Å². The number of aliphatic hydroxyl groups is 1. The maximum atomic E-state index is 13.5. The number of halogens is 1. The Balaban J connectivity index is 2.43. The summed E-state index contributed by atoms with van der Waals surface area (Å²) >= 11 is 0. The van der Waals surface area contributed by atoms with Gasteiger partial charge in [-0.3, -0.25) is 0 Å². The minimum Gasteiger partial charge on any atom is -0.493 e. The van der Waals surface area contributed by atoms with E-state index in [1.807, 2.05) is 6.07 Å². The number of ether oxygens (including phenoxy) is 1. The third kappa shape index (κ3) is 1.58. The molecule has 0 bridgehead atoms. The molecule has 0 atom stereocenters. The molecule has 1 fully saturated rings. The van der Waals surface area contributed by atoms with E-state index in [9.17, 15) is 9.50 Å². The Hall–Kier alpha value is -1.13. The number of rotatable bonds is 3. The van der Waals surface area contributed by atoms with Crippen molar-refractivity contribution in [2.75, 3.05) is 13.7 Å². The summed E-state index contributed by atoms with van der Waals surface area (Å²) < 4.78 is 18.6. The van der Waals surface area contributed by atoms with Gasteiger partial charge in [-0.1, -0.05) is 12.1 Å². The second-order valence-electron chi connectivity index (χ2n) is 4.37. The van der Waals surface area contributed by atoms with Crippen molar-refractivity contribution >= 4 is 0 Å². The van der Waals surface area contributed by atoms with Crippen molar-refractivity contribution in [3.8, 4) is 5.75 Å². The molecule has 1 aromatic rings. The topological polar surface area (TPSA) is 55.5 Å². The average molecular weight is 225 g/mol. The average Bonchev–Trinajstić information content (AvgIpc) is 2.24. The Bertz CT molecular complexity index is 389. The molecule has 0 saturated heterocycles. The molecule has 1 aliphatic carbocycles. The highest BCUT2D eigenvalue weighted by Gasteiger charge is 2.45. The van der Waals surface area contributed by atoms with Crippen LogP contribution in [0.3, 0.4) is 0 Å². The summed E-state index contributed by atoms with van der Waals surface area (Å²) in [4.78, 5) is 0. The number of para-hydroxylation sites is 1. The van der Waals surface area contributed by atoms with Gasteiger partial charge in [-0.25, -0.2) is 4.39 Å². The number of benzene rings is 1. The quantitative estimate of drug-likeness (QED) is 0.812. The SMILES string of the molecule is COc1c(F)cccc1C1(CN)CC(O)C1. The lowest BCUT2D eigenvalue weighted by molar-refractivity contribution is 0.0208. The van der Waals surface area contributed by atoms with Crippen LogP contribution in [0.5, 0.6) is 5.75 Å². The highest BCUT2D eigenvalue weighted by atomic mass is 19.1. The molecule has 1 aromatic carbocycles. The fourth-order valence-corrected chi connectivity index (χ4v) is 2.47. The highest BCUT2D eigenvalue weighted by molar-refractivity contribution is 5.43. The van der Waals surface area contributed by atoms with Gasteiger partial charge in [0.2, 0.25) is 0 Å². The first-order valence-corrected chi connectivity index (χ1v) is 5.34. The first-order chi connectivity index (χ1) is 7.63. The van der Waals surface area contributed by atoms with Crippen molar-refractivity contribution in [3.63, 3.8) is 0 Å². The largest absolute Gasteiger partial charge is 0.493 e. The third-order valence-corrected chi connectivity index (χ3v) is 3.39. The lowest BCUT2D eigenvalue weighted by Gasteiger charge is -2.45. The van der Waals surface area contributed by atoms with Gasteiger partial charge in [-0.15, -0.1) is 0 Å². The Morgan fingerprint density at radius 3 is 2.75 bits per heavy atom. The molecule has 3 nitrogen and oxygen atoms in total. The van der Waals surface area contributed by atoms with Gasteiger partial charge in [0, 0.05) is 17.5 Å². The van der Waals surface area contributed by atoms with Crippen LogP contribution < -0.4 is 10.5 Å². The molecule has 88 valence electrons. The minimum absolute atomic E-state index is 0.250. The molecule has 1 aliphatic rings. The summed E-state index contributed by atoms with van der Waals surface area (Å²) in [5.41, 5.74) is 6.19. The van der Waals surface area contributed by atoms with Crippen molar-refractivity contribution in [3.05, 3.63) is 29.6 Å². The van der Waals surface area contributed by atoms with Gasteiger partial charge >= 0.3 is 0 Å². The second kappa shape index (κ2) is 4.03. The Morgan fingerprint density at radius 1 is 1.56 bits per heavy atom.